The minimum Gasteiger partial charge on any atom is -0.339 e. The number of piperidine rings is 1. The second-order valence-electron chi connectivity index (χ2n) is 4.26. The van der Waals surface area contributed by atoms with Gasteiger partial charge in [0.1, 0.15) is 0 Å². The number of hydrogen-bond donors (Lipinski definition) is 1. The summed E-state index contributed by atoms with van der Waals surface area (Å²) in [5.74, 6) is 2.04. The number of rotatable bonds is 3. The van der Waals surface area contributed by atoms with Crippen molar-refractivity contribution in [1.29, 1.82) is 0 Å². The van der Waals surface area contributed by atoms with Gasteiger partial charge in [-0.3, -0.25) is 0 Å². The van der Waals surface area contributed by atoms with Gasteiger partial charge in [0.2, 0.25) is 5.89 Å². The average molecular weight is 210 g/mol. The van der Waals surface area contributed by atoms with Gasteiger partial charge in [-0.15, -0.1) is 0 Å². The lowest BCUT2D eigenvalue weighted by Gasteiger charge is -2.27. The zero-order valence-electron chi connectivity index (χ0n) is 9.15. The summed E-state index contributed by atoms with van der Waals surface area (Å²) in [6, 6.07) is 0. The Hall–Kier alpha value is -0.940. The van der Waals surface area contributed by atoms with Crippen molar-refractivity contribution in [2.24, 2.45) is 11.7 Å². The lowest BCUT2D eigenvalue weighted by molar-refractivity contribution is 0.208. The van der Waals surface area contributed by atoms with Crippen molar-refractivity contribution in [2.45, 2.75) is 25.8 Å². The highest BCUT2D eigenvalue weighted by atomic mass is 16.5. The summed E-state index contributed by atoms with van der Waals surface area (Å²) in [4.78, 5) is 6.58. The predicted molar refractivity (Wildman–Crippen MR) is 56.1 cm³/mol. The van der Waals surface area contributed by atoms with Crippen LogP contribution in [0.2, 0.25) is 0 Å². The molecular formula is C10H18N4O. The molecule has 0 spiro atoms. The molecule has 1 aromatic rings. The van der Waals surface area contributed by atoms with Crippen molar-refractivity contribution in [3.05, 3.63) is 11.7 Å². The van der Waals surface area contributed by atoms with Gasteiger partial charge in [-0.2, -0.15) is 4.98 Å². The summed E-state index contributed by atoms with van der Waals surface area (Å²) in [5, 5.41) is 3.79. The molecule has 0 aromatic carbocycles. The number of nitrogens with zero attached hydrogens (tertiary/aromatic N) is 3. The van der Waals surface area contributed by atoms with Crippen LogP contribution in [0.4, 0.5) is 0 Å². The minimum absolute atomic E-state index is 0.358. The fourth-order valence-corrected chi connectivity index (χ4v) is 1.97. The third-order valence-corrected chi connectivity index (χ3v) is 2.99. The molecule has 84 valence electrons. The van der Waals surface area contributed by atoms with E-state index in [0.717, 1.165) is 12.3 Å². The van der Waals surface area contributed by atoms with Crippen LogP contribution in [0.25, 0.3) is 0 Å². The predicted octanol–water partition coefficient (Wildman–Crippen LogP) is 0.413. The summed E-state index contributed by atoms with van der Waals surface area (Å²) in [7, 11) is 2.16. The molecule has 1 saturated heterocycles. The quantitative estimate of drug-likeness (QED) is 0.782. The normalized spacial score (nSPS) is 19.6. The van der Waals surface area contributed by atoms with Crippen LogP contribution in [-0.2, 0) is 13.0 Å². The molecule has 0 radical (unpaired) electrons. The second-order valence-corrected chi connectivity index (χ2v) is 4.26. The first kappa shape index (κ1) is 10.6. The highest BCUT2D eigenvalue weighted by molar-refractivity contribution is 4.88. The highest BCUT2D eigenvalue weighted by Crippen LogP contribution is 2.19. The Kier molecular flexibility index (Phi) is 3.33. The molecule has 0 atom stereocenters. The monoisotopic (exact) mass is 210 g/mol. The first-order valence-electron chi connectivity index (χ1n) is 5.48. The van der Waals surface area contributed by atoms with Crippen LogP contribution in [-0.4, -0.2) is 35.2 Å². The molecule has 5 nitrogen and oxygen atoms in total. The molecular weight excluding hydrogens is 192 g/mol. The fraction of sp³-hybridized carbons (Fsp3) is 0.800. The van der Waals surface area contributed by atoms with E-state index in [-0.39, 0.29) is 0 Å². The summed E-state index contributed by atoms with van der Waals surface area (Å²) < 4.78 is 5.13. The van der Waals surface area contributed by atoms with E-state index in [2.05, 4.69) is 22.1 Å². The first-order valence-corrected chi connectivity index (χ1v) is 5.48. The molecule has 5 heteroatoms. The second kappa shape index (κ2) is 4.72. The molecule has 1 aliphatic heterocycles. The van der Waals surface area contributed by atoms with E-state index >= 15 is 0 Å². The summed E-state index contributed by atoms with van der Waals surface area (Å²) in [6.45, 7) is 2.70. The van der Waals surface area contributed by atoms with Crippen LogP contribution in [0.5, 0.6) is 0 Å². The standard InChI is InChI=1S/C10H18N4O/c1-14-4-2-8(3-5-14)6-10-12-9(7-11)13-15-10/h8H,2-7,11H2,1H3. The first-order chi connectivity index (χ1) is 7.28. The van der Waals surface area contributed by atoms with E-state index in [0.29, 0.717) is 18.3 Å². The molecule has 1 aliphatic rings. The molecule has 1 aromatic heterocycles. The van der Waals surface area contributed by atoms with Crippen molar-refractivity contribution in [3.63, 3.8) is 0 Å². The van der Waals surface area contributed by atoms with Crippen molar-refractivity contribution < 1.29 is 4.52 Å². The molecule has 1 fully saturated rings. The van der Waals surface area contributed by atoms with E-state index < -0.39 is 0 Å². The van der Waals surface area contributed by atoms with Crippen LogP contribution in [0.15, 0.2) is 4.52 Å². The van der Waals surface area contributed by atoms with Crippen molar-refractivity contribution in [2.75, 3.05) is 20.1 Å². The minimum atomic E-state index is 0.358. The molecule has 2 rings (SSSR count). The molecule has 2 heterocycles. The zero-order chi connectivity index (χ0) is 10.7. The molecule has 0 aliphatic carbocycles. The van der Waals surface area contributed by atoms with Crippen LogP contribution in [0.1, 0.15) is 24.6 Å². The topological polar surface area (TPSA) is 68.2 Å². The molecule has 0 amide bonds. The molecule has 0 saturated carbocycles. The van der Waals surface area contributed by atoms with E-state index in [1.54, 1.807) is 0 Å². The van der Waals surface area contributed by atoms with Crippen LogP contribution >= 0.6 is 0 Å². The van der Waals surface area contributed by atoms with Gasteiger partial charge in [0, 0.05) is 6.42 Å². The van der Waals surface area contributed by atoms with Crippen molar-refractivity contribution in [3.8, 4) is 0 Å². The molecule has 0 unspecified atom stereocenters. The summed E-state index contributed by atoms with van der Waals surface area (Å²) in [6.07, 6.45) is 3.34. The Morgan fingerprint density at radius 1 is 1.47 bits per heavy atom. The van der Waals surface area contributed by atoms with Gasteiger partial charge < -0.3 is 15.2 Å². The number of nitrogens with two attached hydrogens (primary N) is 1. The molecule has 15 heavy (non-hydrogen) atoms. The van der Waals surface area contributed by atoms with Crippen molar-refractivity contribution >= 4 is 0 Å². The average Bonchev–Trinajstić information content (AvgIpc) is 2.69. The fourth-order valence-electron chi connectivity index (χ4n) is 1.97. The highest BCUT2D eigenvalue weighted by Gasteiger charge is 2.19. The Morgan fingerprint density at radius 2 is 2.20 bits per heavy atom. The summed E-state index contributed by atoms with van der Waals surface area (Å²) >= 11 is 0. The van der Waals surface area contributed by atoms with Crippen LogP contribution < -0.4 is 5.73 Å². The third kappa shape index (κ3) is 2.76. The number of likely N-dealkylation sites (tertiary alicyclic amines) is 1. The van der Waals surface area contributed by atoms with E-state index in [9.17, 15) is 0 Å². The third-order valence-electron chi connectivity index (χ3n) is 2.99. The molecule has 0 bridgehead atoms. The van der Waals surface area contributed by atoms with Gasteiger partial charge in [-0.25, -0.2) is 0 Å². The Morgan fingerprint density at radius 3 is 2.80 bits per heavy atom. The van der Waals surface area contributed by atoms with E-state index in [4.69, 9.17) is 10.3 Å². The largest absolute Gasteiger partial charge is 0.339 e. The number of aromatic nitrogens is 2. The number of hydrogen-bond acceptors (Lipinski definition) is 5. The maximum absolute atomic E-state index is 5.42. The van der Waals surface area contributed by atoms with Gasteiger partial charge in [0.05, 0.1) is 6.54 Å². The summed E-state index contributed by atoms with van der Waals surface area (Å²) in [5.41, 5.74) is 5.42. The SMILES string of the molecule is CN1CCC(Cc2nc(CN)no2)CC1. The smallest absolute Gasteiger partial charge is 0.226 e. The Labute approximate surface area is 89.6 Å². The zero-order valence-corrected chi connectivity index (χ0v) is 9.15. The van der Waals surface area contributed by atoms with Crippen LogP contribution in [0, 0.1) is 5.92 Å². The maximum Gasteiger partial charge on any atom is 0.226 e. The Balaban J connectivity index is 1.86. The lowest BCUT2D eigenvalue weighted by atomic mass is 9.94. The van der Waals surface area contributed by atoms with Gasteiger partial charge >= 0.3 is 0 Å². The van der Waals surface area contributed by atoms with E-state index in [1.165, 1.54) is 25.9 Å². The lowest BCUT2D eigenvalue weighted by Crippen LogP contribution is -2.31. The molecule has 2 N–H and O–H groups in total. The van der Waals surface area contributed by atoms with Gasteiger partial charge in [0.25, 0.3) is 0 Å². The van der Waals surface area contributed by atoms with Crippen molar-refractivity contribution in [1.82, 2.24) is 15.0 Å². The van der Waals surface area contributed by atoms with Gasteiger partial charge in [0.15, 0.2) is 5.82 Å². The van der Waals surface area contributed by atoms with E-state index in [1.807, 2.05) is 0 Å². The van der Waals surface area contributed by atoms with Crippen LogP contribution in [0.3, 0.4) is 0 Å². The van der Waals surface area contributed by atoms with Gasteiger partial charge in [-0.1, -0.05) is 5.16 Å². The Bertz CT molecular complexity index is 304. The van der Waals surface area contributed by atoms with Gasteiger partial charge in [-0.05, 0) is 38.9 Å². The maximum atomic E-state index is 5.42.